The Labute approximate surface area is 285 Å². The van der Waals surface area contributed by atoms with Gasteiger partial charge in [0.1, 0.15) is 18.9 Å². The number of benzene rings is 1. The van der Waals surface area contributed by atoms with Gasteiger partial charge in [-0.15, -0.1) is 0 Å². The van der Waals surface area contributed by atoms with Gasteiger partial charge in [-0.2, -0.15) is 0 Å². The monoisotopic (exact) mass is 760 g/mol. The van der Waals surface area contributed by atoms with Crippen molar-refractivity contribution in [2.24, 2.45) is 11.8 Å². The van der Waals surface area contributed by atoms with Crippen molar-refractivity contribution in [3.05, 3.63) is 53.5 Å². The van der Waals surface area contributed by atoms with Gasteiger partial charge in [0.2, 0.25) is 0 Å². The van der Waals surface area contributed by atoms with Crippen LogP contribution in [-0.2, 0) is 50.0 Å². The zero-order valence-corrected chi connectivity index (χ0v) is 27.9. The molecule has 0 radical (unpaired) electrons. The fraction of sp³-hybridized carbons (Fsp3) is 0.407. The Morgan fingerprint density at radius 2 is 1.10 bits per heavy atom. The highest BCUT2D eigenvalue weighted by atomic mass is 31.2. The molecule has 3 rings (SSSR count). The zero-order valence-electron chi connectivity index (χ0n) is 26.1. The van der Waals surface area contributed by atoms with Crippen molar-refractivity contribution in [3.63, 3.8) is 0 Å². The molecule has 0 spiro atoms. The molecule has 276 valence electrons. The maximum atomic E-state index is 13.0. The summed E-state index contributed by atoms with van der Waals surface area (Å²) in [7, 11) is -9.74. The SMILES string of the molecule is C#COC(=O)NCC(CO)COP(=O)(O)OCCn1c(=O)c2cc3c(=O)n(COP(=O)(O)OCC(CO)CNC(=O)OC#C)c(=O)c3cc2c1=O. The predicted octanol–water partition coefficient (Wildman–Crippen LogP) is -2.01. The van der Waals surface area contributed by atoms with Crippen LogP contribution in [-0.4, -0.2) is 87.4 Å². The van der Waals surface area contributed by atoms with E-state index in [1.807, 2.05) is 0 Å². The van der Waals surface area contributed by atoms with Crippen LogP contribution in [0.25, 0.3) is 21.5 Å². The van der Waals surface area contributed by atoms with Gasteiger partial charge in [-0.1, -0.05) is 12.8 Å². The van der Waals surface area contributed by atoms with E-state index in [1.165, 1.54) is 0 Å². The summed E-state index contributed by atoms with van der Waals surface area (Å²) in [5.41, 5.74) is -3.98. The number of hydrogen-bond donors (Lipinski definition) is 6. The van der Waals surface area contributed by atoms with Gasteiger partial charge in [-0.05, 0) is 12.1 Å². The Morgan fingerprint density at radius 3 is 1.49 bits per heavy atom. The minimum atomic E-state index is -4.95. The molecule has 4 atom stereocenters. The van der Waals surface area contributed by atoms with E-state index in [4.69, 9.17) is 30.9 Å². The van der Waals surface area contributed by atoms with Crippen LogP contribution in [0.15, 0.2) is 31.3 Å². The number of amides is 2. The number of fused-ring (bicyclic) bond motifs is 2. The lowest BCUT2D eigenvalue weighted by molar-refractivity contribution is 0.0894. The van der Waals surface area contributed by atoms with Crippen molar-refractivity contribution in [1.29, 1.82) is 0 Å². The van der Waals surface area contributed by atoms with Crippen LogP contribution >= 0.6 is 15.6 Å². The van der Waals surface area contributed by atoms with Crippen molar-refractivity contribution in [2.45, 2.75) is 13.3 Å². The predicted molar refractivity (Wildman–Crippen MR) is 171 cm³/mol. The Morgan fingerprint density at radius 1 is 0.706 bits per heavy atom. The van der Waals surface area contributed by atoms with Gasteiger partial charge in [-0.3, -0.25) is 41.8 Å². The molecule has 0 aliphatic heterocycles. The maximum Gasteiger partial charge on any atom is 0.473 e. The quantitative estimate of drug-likeness (QED) is 0.0568. The number of aromatic nitrogens is 2. The van der Waals surface area contributed by atoms with Crippen LogP contribution in [0.3, 0.4) is 0 Å². The summed E-state index contributed by atoms with van der Waals surface area (Å²) in [4.78, 5) is 94.5. The summed E-state index contributed by atoms with van der Waals surface area (Å²) < 4.78 is 53.1. The van der Waals surface area contributed by atoms with Crippen LogP contribution in [0.1, 0.15) is 0 Å². The fourth-order valence-electron chi connectivity index (χ4n) is 4.23. The lowest BCUT2D eigenvalue weighted by Gasteiger charge is -2.17. The largest absolute Gasteiger partial charge is 0.473 e. The molecule has 1 aromatic carbocycles. The molecule has 24 heteroatoms. The Balaban J connectivity index is 1.67. The third kappa shape index (κ3) is 10.9. The normalized spacial score (nSPS) is 14.9. The van der Waals surface area contributed by atoms with Crippen LogP contribution in [0, 0.1) is 36.9 Å². The number of aliphatic hydroxyl groups is 2. The standard InChI is InChI=1S/C27H30N4O18P2/c1-3-44-26(38)28-9-16(11-32)13-47-50(40,41)46-6-5-30-22(34)18-7-20-21(8-19(18)23(30)35)25(37)31(24(20)36)15-49-51(42,43)48-14-17(12-33)10-29-27(39)45-4-2/h1-2,7-8,16-17,32-33H,5-6,9-15H2,(H,28,38)(H,29,39)(H,40,41)(H,42,43). The number of carbonyl (C=O) groups excluding carboxylic acids is 2. The summed E-state index contributed by atoms with van der Waals surface area (Å²) in [6, 6.07) is 1.93. The molecule has 0 fully saturated rings. The lowest BCUT2D eigenvalue weighted by Crippen LogP contribution is -2.32. The van der Waals surface area contributed by atoms with Gasteiger partial charge < -0.3 is 40.1 Å². The Hall–Kier alpha value is -4.70. The van der Waals surface area contributed by atoms with Crippen LogP contribution in [0.4, 0.5) is 9.59 Å². The molecule has 6 N–H and O–H groups in total. The van der Waals surface area contributed by atoms with Crippen molar-refractivity contribution in [1.82, 2.24) is 19.8 Å². The van der Waals surface area contributed by atoms with E-state index in [0.717, 1.165) is 12.1 Å². The van der Waals surface area contributed by atoms with Crippen LogP contribution in [0.5, 0.6) is 0 Å². The summed E-state index contributed by atoms with van der Waals surface area (Å²) in [5.74, 6) is -1.80. The van der Waals surface area contributed by atoms with Crippen molar-refractivity contribution in [3.8, 4) is 25.1 Å². The molecule has 4 unspecified atom stereocenters. The number of carbonyl (C=O) groups is 2. The summed E-state index contributed by atoms with van der Waals surface area (Å²) in [5, 5.41) is 21.9. The molecule has 0 saturated heterocycles. The highest BCUT2D eigenvalue weighted by Gasteiger charge is 2.27. The Kier molecular flexibility index (Phi) is 14.4. The molecule has 51 heavy (non-hydrogen) atoms. The minimum absolute atomic E-state index is 0.247. The molecule has 3 aromatic rings. The first-order valence-electron chi connectivity index (χ1n) is 14.2. The van der Waals surface area contributed by atoms with Gasteiger partial charge >= 0.3 is 27.8 Å². The third-order valence-electron chi connectivity index (χ3n) is 6.82. The number of aliphatic hydroxyl groups excluding tert-OH is 2. The molecular formula is C27H30N4O18P2. The molecule has 0 aliphatic carbocycles. The molecule has 0 bridgehead atoms. The highest BCUT2D eigenvalue weighted by Crippen LogP contribution is 2.44. The number of rotatable bonds is 19. The van der Waals surface area contributed by atoms with E-state index in [2.05, 4.69) is 20.1 Å². The van der Waals surface area contributed by atoms with Crippen molar-refractivity contribution >= 4 is 49.4 Å². The van der Waals surface area contributed by atoms with E-state index in [9.17, 15) is 57.9 Å². The molecule has 2 heterocycles. The smallest absolute Gasteiger partial charge is 0.396 e. The first kappa shape index (κ1) is 40.7. The first-order chi connectivity index (χ1) is 24.1. The van der Waals surface area contributed by atoms with Crippen molar-refractivity contribution in [2.75, 3.05) is 46.1 Å². The van der Waals surface area contributed by atoms with Gasteiger partial charge in [0.05, 0.1) is 47.9 Å². The van der Waals surface area contributed by atoms with Crippen LogP contribution in [0.2, 0.25) is 0 Å². The van der Waals surface area contributed by atoms with Crippen molar-refractivity contribution < 1.29 is 66.3 Å². The van der Waals surface area contributed by atoms with E-state index in [1.54, 1.807) is 12.2 Å². The molecule has 0 saturated carbocycles. The topological polar surface area (TPSA) is 307 Å². The average Bonchev–Trinajstić information content (AvgIpc) is 3.46. The molecule has 2 amide bonds. The molecular weight excluding hydrogens is 730 g/mol. The van der Waals surface area contributed by atoms with E-state index >= 15 is 0 Å². The zero-order chi connectivity index (χ0) is 37.9. The number of nitrogens with one attached hydrogen (secondary N) is 2. The van der Waals surface area contributed by atoms with E-state index in [-0.39, 0.29) is 34.6 Å². The second kappa shape index (κ2) is 18.0. The van der Waals surface area contributed by atoms with Gasteiger partial charge in [0.15, 0.2) is 0 Å². The van der Waals surface area contributed by atoms with Gasteiger partial charge in [0, 0.05) is 38.1 Å². The first-order valence-corrected chi connectivity index (χ1v) is 17.2. The number of nitrogens with zero attached hydrogens (tertiary/aromatic N) is 2. The number of ether oxygens (including phenoxy) is 2. The number of phosphoric acid groups is 2. The molecule has 22 nitrogen and oxygen atoms in total. The average molecular weight is 760 g/mol. The Bertz CT molecular complexity index is 2060. The van der Waals surface area contributed by atoms with Gasteiger partial charge in [-0.25, -0.2) is 23.3 Å². The minimum Gasteiger partial charge on any atom is -0.396 e. The lowest BCUT2D eigenvalue weighted by atomic mass is 10.1. The van der Waals surface area contributed by atoms with E-state index < -0.39 is 108 Å². The molecule has 2 aromatic heterocycles. The number of phosphoric ester groups is 2. The number of terminal acetylenes is 2. The number of hydrogen-bond acceptors (Lipinski definition) is 16. The second-order valence-corrected chi connectivity index (χ2v) is 13.1. The third-order valence-corrected chi connectivity index (χ3v) is 8.72. The van der Waals surface area contributed by atoms with E-state index in [0.29, 0.717) is 9.13 Å². The second-order valence-electron chi connectivity index (χ2n) is 10.2. The highest BCUT2D eigenvalue weighted by molar-refractivity contribution is 7.47. The van der Waals surface area contributed by atoms with Gasteiger partial charge in [0.25, 0.3) is 22.2 Å². The summed E-state index contributed by atoms with van der Waals surface area (Å²) in [6.07, 6.45) is 10.8. The number of alkyl carbamates (subject to hydrolysis) is 2. The summed E-state index contributed by atoms with van der Waals surface area (Å²) >= 11 is 0. The van der Waals surface area contributed by atoms with Crippen LogP contribution < -0.4 is 32.9 Å². The summed E-state index contributed by atoms with van der Waals surface area (Å²) in [6.45, 7) is -5.27. The maximum absolute atomic E-state index is 13.0. The molecule has 0 aliphatic rings. The fourth-order valence-corrected chi connectivity index (χ4v) is 5.75.